The molecule has 0 radical (unpaired) electrons. The largest absolute Gasteiger partial charge is 0.309 e. The van der Waals surface area contributed by atoms with Gasteiger partial charge in [-0.05, 0) is 63.9 Å². The smallest absolute Gasteiger partial charge is 0.137 e. The van der Waals surface area contributed by atoms with E-state index in [0.717, 1.165) is 72.4 Å². The van der Waals surface area contributed by atoms with Gasteiger partial charge in [-0.25, -0.2) is 9.97 Å². The van der Waals surface area contributed by atoms with Gasteiger partial charge in [0.25, 0.3) is 0 Å². The molecule has 0 N–H and O–H groups in total. The number of benzene rings is 8. The molecule has 4 heteroatoms. The zero-order valence-electron chi connectivity index (χ0n) is 31.4. The normalized spacial score (nSPS) is 11.8. The lowest BCUT2D eigenvalue weighted by Crippen LogP contribution is -1.95. The highest BCUT2D eigenvalue weighted by atomic mass is 15.0. The minimum atomic E-state index is 0.945. The minimum Gasteiger partial charge on any atom is -0.309 e. The van der Waals surface area contributed by atoms with Crippen molar-refractivity contribution in [3.8, 4) is 50.5 Å². The minimum absolute atomic E-state index is 0.945. The molecule has 0 saturated carbocycles. The molecule has 0 aliphatic heterocycles. The Kier molecular flexibility index (Phi) is 7.20. The number of hydrogen-bond donors (Lipinski definition) is 0. The molecule has 270 valence electrons. The molecule has 0 spiro atoms. The van der Waals surface area contributed by atoms with E-state index in [1.54, 1.807) is 0 Å². The van der Waals surface area contributed by atoms with Crippen LogP contribution in [0.1, 0.15) is 0 Å². The van der Waals surface area contributed by atoms with Gasteiger partial charge < -0.3 is 8.97 Å². The zero-order chi connectivity index (χ0) is 38.2. The van der Waals surface area contributed by atoms with Crippen molar-refractivity contribution in [2.45, 2.75) is 0 Å². The van der Waals surface area contributed by atoms with Crippen molar-refractivity contribution in [2.24, 2.45) is 0 Å². The molecular formula is C54H34N4. The molecule has 0 aliphatic carbocycles. The summed E-state index contributed by atoms with van der Waals surface area (Å²) in [5.41, 5.74) is 14.2. The van der Waals surface area contributed by atoms with Crippen molar-refractivity contribution < 1.29 is 0 Å². The van der Waals surface area contributed by atoms with Crippen molar-refractivity contribution in [1.29, 1.82) is 0 Å². The van der Waals surface area contributed by atoms with Crippen LogP contribution in [-0.2, 0) is 0 Å². The maximum absolute atomic E-state index is 5.56. The molecule has 0 aliphatic rings. The molecule has 0 fully saturated rings. The van der Waals surface area contributed by atoms with E-state index in [2.05, 4.69) is 191 Å². The summed E-state index contributed by atoms with van der Waals surface area (Å²) in [4.78, 5) is 10.4. The molecule has 0 amide bonds. The van der Waals surface area contributed by atoms with Gasteiger partial charge in [0.1, 0.15) is 5.65 Å². The fourth-order valence-electron chi connectivity index (χ4n) is 8.97. The molecule has 8 aromatic carbocycles. The van der Waals surface area contributed by atoms with Crippen LogP contribution in [0.3, 0.4) is 0 Å². The second-order valence-electron chi connectivity index (χ2n) is 15.0. The van der Waals surface area contributed by atoms with E-state index in [4.69, 9.17) is 9.97 Å². The van der Waals surface area contributed by atoms with Crippen LogP contribution >= 0.6 is 0 Å². The van der Waals surface area contributed by atoms with Gasteiger partial charge in [-0.1, -0.05) is 158 Å². The second kappa shape index (κ2) is 12.9. The fourth-order valence-corrected chi connectivity index (χ4v) is 8.97. The third-order valence-corrected chi connectivity index (χ3v) is 11.8. The summed E-state index contributed by atoms with van der Waals surface area (Å²) in [5.74, 6) is 0. The maximum Gasteiger partial charge on any atom is 0.137 e. The standard InChI is InChI=1S/C54H34N4/c1-2-11-42-37(10-1)29-32-47-52(42)46-15-9-14-43(38-27-30-41(31-28-38)58-49-16-5-3-12-44(49)45-13-4-6-17-50(45)58)54(46)56-53(47)40-25-21-36(22-26-40)35-19-23-39(24-20-35)48-34-57-33-8-7-18-51(57)55-48/h1-34H. The summed E-state index contributed by atoms with van der Waals surface area (Å²) >= 11 is 0. The summed E-state index contributed by atoms with van der Waals surface area (Å²) in [5, 5.41) is 8.51. The molecule has 0 unspecified atom stereocenters. The van der Waals surface area contributed by atoms with Crippen LogP contribution < -0.4 is 0 Å². The topological polar surface area (TPSA) is 35.1 Å². The first-order valence-electron chi connectivity index (χ1n) is 19.7. The molecule has 0 saturated heterocycles. The zero-order valence-corrected chi connectivity index (χ0v) is 31.4. The number of aromatic nitrogens is 4. The SMILES string of the molecule is c1ccc2c(c1)ccc1c(-c3ccc(-c4ccc(-c5cn6ccccc6n5)cc4)cc3)nc3c(-c4ccc(-n5c6ccccc6c6ccccc65)cc4)cccc3c12. The Morgan fingerprint density at radius 1 is 0.379 bits per heavy atom. The lowest BCUT2D eigenvalue weighted by atomic mass is 9.92. The Hall–Kier alpha value is -7.82. The monoisotopic (exact) mass is 738 g/mol. The van der Waals surface area contributed by atoms with E-state index < -0.39 is 0 Å². The number of imidazole rings is 1. The molecule has 12 aromatic rings. The number of nitrogens with zero attached hydrogens (tertiary/aromatic N) is 4. The molecule has 12 rings (SSSR count). The highest BCUT2D eigenvalue weighted by Gasteiger charge is 2.17. The van der Waals surface area contributed by atoms with Crippen LogP contribution in [-0.4, -0.2) is 18.9 Å². The summed E-state index contributed by atoms with van der Waals surface area (Å²) in [6, 6.07) is 69.7. The van der Waals surface area contributed by atoms with E-state index in [1.807, 2.05) is 24.4 Å². The van der Waals surface area contributed by atoms with Crippen molar-refractivity contribution in [3.63, 3.8) is 0 Å². The average molecular weight is 739 g/mol. The van der Waals surface area contributed by atoms with Gasteiger partial charge in [-0.15, -0.1) is 0 Å². The Bertz CT molecular complexity index is 3450. The number of hydrogen-bond acceptors (Lipinski definition) is 2. The summed E-state index contributed by atoms with van der Waals surface area (Å²) in [6.07, 6.45) is 4.11. The van der Waals surface area contributed by atoms with Gasteiger partial charge in [0.05, 0.1) is 27.9 Å². The molecule has 4 aromatic heterocycles. The lowest BCUT2D eigenvalue weighted by Gasteiger charge is -2.16. The Morgan fingerprint density at radius 3 is 1.71 bits per heavy atom. The van der Waals surface area contributed by atoms with E-state index in [-0.39, 0.29) is 0 Å². The first kappa shape index (κ1) is 32.4. The van der Waals surface area contributed by atoms with Gasteiger partial charge in [0.15, 0.2) is 0 Å². The molecule has 4 heterocycles. The average Bonchev–Trinajstić information content (AvgIpc) is 3.88. The summed E-state index contributed by atoms with van der Waals surface area (Å²) < 4.78 is 4.43. The van der Waals surface area contributed by atoms with Gasteiger partial charge in [-0.3, -0.25) is 0 Å². The van der Waals surface area contributed by atoms with Crippen LogP contribution in [0.25, 0.3) is 110 Å². The van der Waals surface area contributed by atoms with Crippen LogP contribution in [0.2, 0.25) is 0 Å². The van der Waals surface area contributed by atoms with Gasteiger partial charge in [0, 0.05) is 61.7 Å². The Morgan fingerprint density at radius 2 is 0.983 bits per heavy atom. The molecule has 0 bridgehead atoms. The van der Waals surface area contributed by atoms with Crippen molar-refractivity contribution in [3.05, 3.63) is 207 Å². The van der Waals surface area contributed by atoms with E-state index in [9.17, 15) is 0 Å². The van der Waals surface area contributed by atoms with Gasteiger partial charge in [0.2, 0.25) is 0 Å². The number of pyridine rings is 2. The first-order valence-corrected chi connectivity index (χ1v) is 19.7. The Balaban J connectivity index is 0.970. The highest BCUT2D eigenvalue weighted by Crippen LogP contribution is 2.41. The second-order valence-corrected chi connectivity index (χ2v) is 15.0. The van der Waals surface area contributed by atoms with E-state index >= 15 is 0 Å². The quantitative estimate of drug-likeness (QED) is 0.165. The number of fused-ring (bicyclic) bond motifs is 9. The Labute approximate surface area is 334 Å². The molecule has 0 atom stereocenters. The van der Waals surface area contributed by atoms with Crippen LogP contribution in [0.5, 0.6) is 0 Å². The molecular weight excluding hydrogens is 705 g/mol. The number of para-hydroxylation sites is 3. The van der Waals surface area contributed by atoms with Gasteiger partial charge in [-0.2, -0.15) is 0 Å². The first-order chi connectivity index (χ1) is 28.7. The van der Waals surface area contributed by atoms with Crippen molar-refractivity contribution >= 4 is 59.9 Å². The van der Waals surface area contributed by atoms with Gasteiger partial charge >= 0.3 is 0 Å². The maximum atomic E-state index is 5.56. The number of rotatable bonds is 5. The van der Waals surface area contributed by atoms with Crippen LogP contribution in [0, 0.1) is 0 Å². The predicted molar refractivity (Wildman–Crippen MR) is 242 cm³/mol. The van der Waals surface area contributed by atoms with Crippen LogP contribution in [0.15, 0.2) is 207 Å². The third kappa shape index (κ3) is 5.09. The van der Waals surface area contributed by atoms with E-state index in [0.29, 0.717) is 0 Å². The molecule has 4 nitrogen and oxygen atoms in total. The summed E-state index contributed by atoms with van der Waals surface area (Å²) in [6.45, 7) is 0. The molecule has 58 heavy (non-hydrogen) atoms. The highest BCUT2D eigenvalue weighted by molar-refractivity contribution is 6.24. The van der Waals surface area contributed by atoms with Crippen molar-refractivity contribution in [2.75, 3.05) is 0 Å². The van der Waals surface area contributed by atoms with E-state index in [1.165, 1.54) is 38.0 Å². The summed E-state index contributed by atoms with van der Waals surface area (Å²) in [7, 11) is 0. The third-order valence-electron chi connectivity index (χ3n) is 11.8. The fraction of sp³-hybridized carbons (Fsp3) is 0. The van der Waals surface area contributed by atoms with Crippen LogP contribution in [0.4, 0.5) is 0 Å². The lowest BCUT2D eigenvalue weighted by molar-refractivity contribution is 1.18. The van der Waals surface area contributed by atoms with Crippen molar-refractivity contribution in [1.82, 2.24) is 18.9 Å². The predicted octanol–water partition coefficient (Wildman–Crippen LogP) is 14.0.